The normalized spacial score (nSPS) is 11.3. The molecule has 2 N–H and O–H groups in total. The van der Waals surface area contributed by atoms with E-state index in [9.17, 15) is 22.8 Å². The zero-order chi connectivity index (χ0) is 26.7. The first-order chi connectivity index (χ1) is 18.3. The Morgan fingerprint density at radius 2 is 1.74 bits per heavy atom. The Kier molecular flexibility index (Phi) is 6.79. The summed E-state index contributed by atoms with van der Waals surface area (Å²) in [6, 6.07) is 22.6. The van der Waals surface area contributed by atoms with Crippen LogP contribution < -0.4 is 19.8 Å². The summed E-state index contributed by atoms with van der Waals surface area (Å²) in [7, 11) is 0. The Hall–Kier alpha value is -4.71. The first-order valence-electron chi connectivity index (χ1n) is 11.2. The molecule has 3 aromatic carbocycles. The molecule has 0 aliphatic rings. The van der Waals surface area contributed by atoms with Crippen molar-refractivity contribution in [3.05, 3.63) is 95.3 Å². The number of carbonyl (C=O) groups is 2. The van der Waals surface area contributed by atoms with Gasteiger partial charge in [0.05, 0.1) is 12.1 Å². The van der Waals surface area contributed by atoms with Crippen LogP contribution in [-0.4, -0.2) is 28.1 Å². The standard InChI is InChI=1S/C26H18F3N5O3S/c27-26(28,29)24(35)37-34-22-13-18(11-12-20(22)32-23(34)21-15-38-16-30-21)31-25(36)33(19-9-5-2-6-10-19)14-17-7-3-1-4-8-17/h1-13,15-16H,14H2,(H,31,36)/p+1. The molecule has 0 fully saturated rings. The highest BCUT2D eigenvalue weighted by Gasteiger charge is 2.44. The lowest BCUT2D eigenvalue weighted by molar-refractivity contribution is -0.841. The van der Waals surface area contributed by atoms with Crippen LogP contribution in [0, 0.1) is 0 Å². The zero-order valence-corrected chi connectivity index (χ0v) is 20.3. The van der Waals surface area contributed by atoms with E-state index < -0.39 is 18.2 Å². The van der Waals surface area contributed by atoms with Crippen molar-refractivity contribution >= 4 is 45.7 Å². The van der Waals surface area contributed by atoms with Crippen LogP contribution in [0.3, 0.4) is 0 Å². The fourth-order valence-corrected chi connectivity index (χ4v) is 4.29. The monoisotopic (exact) mass is 538 g/mol. The highest BCUT2D eigenvalue weighted by Crippen LogP contribution is 2.24. The molecular weight excluding hydrogens is 519 g/mol. The Labute approximate surface area is 217 Å². The molecule has 38 heavy (non-hydrogen) atoms. The maximum absolute atomic E-state index is 13.4. The molecule has 2 aromatic heterocycles. The van der Waals surface area contributed by atoms with Crippen molar-refractivity contribution in [2.45, 2.75) is 12.7 Å². The number of rotatable bonds is 6. The number of aromatic amines is 1. The third kappa shape index (κ3) is 5.34. The molecule has 0 atom stereocenters. The largest absolute Gasteiger partial charge is 0.495 e. The number of hydrogen-bond acceptors (Lipinski definition) is 5. The van der Waals surface area contributed by atoms with Crippen molar-refractivity contribution in [3.63, 3.8) is 0 Å². The van der Waals surface area contributed by atoms with Crippen LogP contribution in [0.2, 0.25) is 0 Å². The van der Waals surface area contributed by atoms with Gasteiger partial charge in [-0.25, -0.2) is 24.4 Å². The molecular formula is C26H19F3N5O3S+. The minimum Gasteiger partial charge on any atom is -0.307 e. The molecule has 0 saturated heterocycles. The molecule has 0 aliphatic heterocycles. The van der Waals surface area contributed by atoms with E-state index in [4.69, 9.17) is 4.84 Å². The Bertz CT molecular complexity index is 1570. The van der Waals surface area contributed by atoms with Crippen molar-refractivity contribution in [1.82, 2.24) is 9.97 Å². The minimum absolute atomic E-state index is 0.0392. The summed E-state index contributed by atoms with van der Waals surface area (Å²) >= 11 is 1.22. The van der Waals surface area contributed by atoms with E-state index in [0.29, 0.717) is 11.2 Å². The number of thiazole rings is 1. The molecule has 2 heterocycles. The third-order valence-corrected chi connectivity index (χ3v) is 6.09. The quantitative estimate of drug-likeness (QED) is 0.286. The van der Waals surface area contributed by atoms with Gasteiger partial charge in [-0.1, -0.05) is 48.5 Å². The van der Waals surface area contributed by atoms with Gasteiger partial charge in [0.15, 0.2) is 11.2 Å². The Morgan fingerprint density at radius 3 is 2.39 bits per heavy atom. The molecule has 0 unspecified atom stereocenters. The SMILES string of the molecule is O=C(Nc1ccc2[nH]c(-c3cscn3)[n+](OC(=O)C(F)(F)F)c2c1)N(Cc1ccccc1)c1ccccc1. The van der Waals surface area contributed by atoms with Gasteiger partial charge < -0.3 is 5.32 Å². The van der Waals surface area contributed by atoms with Gasteiger partial charge in [-0.2, -0.15) is 13.2 Å². The lowest BCUT2D eigenvalue weighted by atomic mass is 10.2. The number of benzene rings is 3. The summed E-state index contributed by atoms with van der Waals surface area (Å²) in [5, 5.41) is 4.38. The number of para-hydroxylation sites is 1. The average molecular weight is 539 g/mol. The minimum atomic E-state index is -5.21. The predicted octanol–water partition coefficient (Wildman–Crippen LogP) is 5.34. The first-order valence-corrected chi connectivity index (χ1v) is 12.2. The summed E-state index contributed by atoms with van der Waals surface area (Å²) in [5.41, 5.74) is 4.06. The summed E-state index contributed by atoms with van der Waals surface area (Å²) < 4.78 is 39.8. The predicted molar refractivity (Wildman–Crippen MR) is 135 cm³/mol. The number of hydrogen-bond donors (Lipinski definition) is 2. The van der Waals surface area contributed by atoms with E-state index in [1.807, 2.05) is 48.5 Å². The highest BCUT2D eigenvalue weighted by atomic mass is 32.1. The molecule has 0 aliphatic carbocycles. The van der Waals surface area contributed by atoms with Gasteiger partial charge in [0.2, 0.25) is 5.52 Å². The smallest absolute Gasteiger partial charge is 0.307 e. The molecule has 2 amide bonds. The van der Waals surface area contributed by atoms with Gasteiger partial charge in [0.1, 0.15) is 0 Å². The van der Waals surface area contributed by atoms with Crippen LogP contribution in [-0.2, 0) is 11.3 Å². The van der Waals surface area contributed by atoms with E-state index in [1.165, 1.54) is 27.8 Å². The topological polar surface area (TPSA) is 91.2 Å². The second-order valence-electron chi connectivity index (χ2n) is 8.09. The van der Waals surface area contributed by atoms with Crippen molar-refractivity contribution in [3.8, 4) is 11.5 Å². The number of amides is 2. The first kappa shape index (κ1) is 25.0. The Morgan fingerprint density at radius 1 is 1.03 bits per heavy atom. The van der Waals surface area contributed by atoms with E-state index in [-0.39, 0.29) is 29.3 Å². The van der Waals surface area contributed by atoms with Gasteiger partial charge in [-0.15, -0.1) is 11.3 Å². The number of H-pyrrole nitrogens is 1. The molecule has 12 heteroatoms. The molecule has 0 radical (unpaired) electrons. The summed E-state index contributed by atoms with van der Waals surface area (Å²) in [6.45, 7) is 0.278. The summed E-state index contributed by atoms with van der Waals surface area (Å²) in [4.78, 5) is 38.4. The van der Waals surface area contributed by atoms with E-state index in [2.05, 4.69) is 15.3 Å². The fourth-order valence-electron chi connectivity index (χ4n) is 3.75. The maximum atomic E-state index is 13.4. The number of fused-ring (bicyclic) bond motifs is 1. The molecule has 192 valence electrons. The number of aromatic nitrogens is 3. The number of carbonyl (C=O) groups excluding carboxylic acids is 2. The number of imidazole rings is 1. The summed E-state index contributed by atoms with van der Waals surface area (Å²) in [6.07, 6.45) is -5.21. The zero-order valence-electron chi connectivity index (χ0n) is 19.5. The molecule has 0 bridgehead atoms. The number of urea groups is 1. The number of nitrogens with one attached hydrogen (secondary N) is 2. The van der Waals surface area contributed by atoms with Crippen molar-refractivity contribution < 1.29 is 32.3 Å². The third-order valence-electron chi connectivity index (χ3n) is 5.50. The molecule has 0 saturated carbocycles. The molecule has 5 aromatic rings. The highest BCUT2D eigenvalue weighted by molar-refractivity contribution is 7.07. The lowest BCUT2D eigenvalue weighted by Gasteiger charge is -2.23. The van der Waals surface area contributed by atoms with Gasteiger partial charge in [0, 0.05) is 22.8 Å². The Balaban J connectivity index is 1.50. The molecule has 5 rings (SSSR count). The van der Waals surface area contributed by atoms with Gasteiger partial charge in [0.25, 0.3) is 0 Å². The van der Waals surface area contributed by atoms with Crippen LogP contribution in [0.1, 0.15) is 5.56 Å². The van der Waals surface area contributed by atoms with Crippen molar-refractivity contribution in [2.75, 3.05) is 10.2 Å². The maximum Gasteiger partial charge on any atom is 0.495 e. The van der Waals surface area contributed by atoms with Gasteiger partial charge >= 0.3 is 24.0 Å². The van der Waals surface area contributed by atoms with Crippen LogP contribution in [0.5, 0.6) is 0 Å². The molecule has 8 nitrogen and oxygen atoms in total. The second kappa shape index (κ2) is 10.3. The van der Waals surface area contributed by atoms with Crippen molar-refractivity contribution in [1.29, 1.82) is 0 Å². The lowest BCUT2D eigenvalue weighted by Crippen LogP contribution is -2.51. The fraction of sp³-hybridized carbons (Fsp3) is 0.0769. The molecule has 0 spiro atoms. The van der Waals surface area contributed by atoms with Crippen LogP contribution in [0.4, 0.5) is 29.3 Å². The second-order valence-corrected chi connectivity index (χ2v) is 8.81. The number of nitrogens with zero attached hydrogens (tertiary/aromatic N) is 3. The van der Waals surface area contributed by atoms with Crippen molar-refractivity contribution in [2.24, 2.45) is 0 Å². The van der Waals surface area contributed by atoms with E-state index >= 15 is 0 Å². The van der Waals surface area contributed by atoms with Gasteiger partial charge in [-0.05, 0) is 34.6 Å². The number of halogens is 3. The van der Waals surface area contributed by atoms with Crippen LogP contribution >= 0.6 is 11.3 Å². The van der Waals surface area contributed by atoms with E-state index in [1.54, 1.807) is 29.6 Å². The van der Waals surface area contributed by atoms with Crippen LogP contribution in [0.25, 0.3) is 22.6 Å². The van der Waals surface area contributed by atoms with Crippen LogP contribution in [0.15, 0.2) is 89.8 Å². The number of anilines is 2. The van der Waals surface area contributed by atoms with Gasteiger partial charge in [-0.3, -0.25) is 4.90 Å². The summed E-state index contributed by atoms with van der Waals surface area (Å²) in [5.74, 6) is -2.36. The number of alkyl halides is 3. The van der Waals surface area contributed by atoms with E-state index in [0.717, 1.165) is 10.3 Å². The average Bonchev–Trinajstić information content (AvgIpc) is 3.56.